The van der Waals surface area contributed by atoms with Crippen molar-refractivity contribution < 1.29 is 14.3 Å². The van der Waals surface area contributed by atoms with E-state index in [0.29, 0.717) is 23.8 Å². The molecule has 26 heavy (non-hydrogen) atoms. The molecule has 5 nitrogen and oxygen atoms in total. The predicted octanol–water partition coefficient (Wildman–Crippen LogP) is 2.85. The molecule has 1 amide bonds. The average molecular weight is 375 g/mol. The summed E-state index contributed by atoms with van der Waals surface area (Å²) in [5, 5.41) is 2.00. The molecule has 0 aromatic carbocycles. The fraction of sp³-hybridized carbons (Fsp3) is 0.600. The lowest BCUT2D eigenvalue weighted by Gasteiger charge is -2.37. The number of Topliss-reactive ketones (excluding diaryl/α,β-unsaturated/α-hetero) is 1. The van der Waals surface area contributed by atoms with E-state index >= 15 is 0 Å². The van der Waals surface area contributed by atoms with Crippen molar-refractivity contribution in [3.05, 3.63) is 33.7 Å². The minimum Gasteiger partial charge on any atom is -0.483 e. The van der Waals surface area contributed by atoms with E-state index in [1.807, 2.05) is 36.5 Å². The van der Waals surface area contributed by atoms with Gasteiger partial charge in [0.05, 0.1) is 17.5 Å². The van der Waals surface area contributed by atoms with Crippen molar-refractivity contribution in [3.8, 4) is 0 Å². The third kappa shape index (κ3) is 2.89. The van der Waals surface area contributed by atoms with Crippen molar-refractivity contribution in [2.45, 2.75) is 38.3 Å². The van der Waals surface area contributed by atoms with Crippen LogP contribution in [0.3, 0.4) is 0 Å². The van der Waals surface area contributed by atoms with Gasteiger partial charge in [0, 0.05) is 18.0 Å². The van der Waals surface area contributed by atoms with E-state index in [0.717, 1.165) is 30.7 Å². The van der Waals surface area contributed by atoms with Crippen LogP contribution in [0.1, 0.15) is 37.1 Å². The standard InChI is InChI=1S/C20H26N2O3S/c1-12-6-7-14-13(11-12)18(23)16-17(15-5-4-10-26-15)22(9-8-21(2)3)20(24)19(16)25-14/h4-5,10,12-14,17H,6-9,11H2,1-3H3. The molecule has 1 fully saturated rings. The zero-order valence-electron chi connectivity index (χ0n) is 15.6. The maximum absolute atomic E-state index is 13.4. The van der Waals surface area contributed by atoms with E-state index < -0.39 is 0 Å². The minimum atomic E-state index is -0.289. The van der Waals surface area contributed by atoms with Gasteiger partial charge in [0.2, 0.25) is 0 Å². The van der Waals surface area contributed by atoms with Crippen LogP contribution in [0.4, 0.5) is 0 Å². The molecule has 1 aromatic rings. The van der Waals surface area contributed by atoms with E-state index in [9.17, 15) is 9.59 Å². The molecule has 140 valence electrons. The SMILES string of the molecule is CC1CCC2OC3=C(C(=O)C2C1)C(c1cccs1)N(CCN(C)C)C3=O. The number of carbonyl (C=O) groups excluding carboxylic acids is 2. The number of ether oxygens (including phenoxy) is 1. The number of likely N-dealkylation sites (N-methyl/N-ethyl adjacent to an activating group) is 1. The summed E-state index contributed by atoms with van der Waals surface area (Å²) in [5.41, 5.74) is 0.603. The molecule has 2 aliphatic heterocycles. The number of thiophene rings is 1. The van der Waals surface area contributed by atoms with Crippen LogP contribution in [-0.4, -0.2) is 54.8 Å². The molecular formula is C20H26N2O3S. The number of rotatable bonds is 4. The fourth-order valence-electron chi connectivity index (χ4n) is 4.41. The van der Waals surface area contributed by atoms with Crippen LogP contribution >= 0.6 is 11.3 Å². The number of hydrogen-bond donors (Lipinski definition) is 0. The predicted molar refractivity (Wildman–Crippen MR) is 101 cm³/mol. The Balaban J connectivity index is 1.72. The first-order chi connectivity index (χ1) is 12.5. The summed E-state index contributed by atoms with van der Waals surface area (Å²) in [6.45, 7) is 3.55. The molecule has 4 unspecified atom stereocenters. The molecule has 0 saturated heterocycles. The molecule has 0 spiro atoms. The molecule has 3 aliphatic rings. The molecule has 4 atom stereocenters. The highest BCUT2D eigenvalue weighted by Gasteiger charge is 2.52. The number of ketones is 1. The van der Waals surface area contributed by atoms with E-state index in [4.69, 9.17) is 4.74 Å². The van der Waals surface area contributed by atoms with Gasteiger partial charge >= 0.3 is 0 Å². The number of hydrogen-bond acceptors (Lipinski definition) is 5. The Bertz CT molecular complexity index is 740. The van der Waals surface area contributed by atoms with Crippen LogP contribution in [0.25, 0.3) is 0 Å². The van der Waals surface area contributed by atoms with Crippen LogP contribution < -0.4 is 0 Å². The van der Waals surface area contributed by atoms with Crippen LogP contribution in [0.5, 0.6) is 0 Å². The van der Waals surface area contributed by atoms with Gasteiger partial charge in [-0.15, -0.1) is 11.3 Å². The van der Waals surface area contributed by atoms with Gasteiger partial charge in [-0.1, -0.05) is 13.0 Å². The summed E-state index contributed by atoms with van der Waals surface area (Å²) >= 11 is 1.60. The number of nitrogens with zero attached hydrogens (tertiary/aromatic N) is 2. The molecule has 1 aromatic heterocycles. The molecule has 1 saturated carbocycles. The average Bonchev–Trinajstić information content (AvgIpc) is 3.21. The molecule has 4 rings (SSSR count). The summed E-state index contributed by atoms with van der Waals surface area (Å²) in [5.74, 6) is 0.783. The molecular weight excluding hydrogens is 348 g/mol. The van der Waals surface area contributed by atoms with Crippen LogP contribution in [-0.2, 0) is 14.3 Å². The summed E-state index contributed by atoms with van der Waals surface area (Å²) in [7, 11) is 3.98. The summed E-state index contributed by atoms with van der Waals surface area (Å²) in [6, 6.07) is 3.71. The Morgan fingerprint density at radius 1 is 1.31 bits per heavy atom. The fourth-order valence-corrected chi connectivity index (χ4v) is 5.25. The Morgan fingerprint density at radius 2 is 2.12 bits per heavy atom. The second-order valence-electron chi connectivity index (χ2n) is 8.01. The lowest BCUT2D eigenvalue weighted by Crippen LogP contribution is -2.41. The first-order valence-corrected chi connectivity index (χ1v) is 10.3. The van der Waals surface area contributed by atoms with Crippen molar-refractivity contribution in [2.24, 2.45) is 11.8 Å². The van der Waals surface area contributed by atoms with Gasteiger partial charge in [0.15, 0.2) is 11.5 Å². The zero-order valence-corrected chi connectivity index (χ0v) is 16.4. The summed E-state index contributed by atoms with van der Waals surface area (Å²) in [4.78, 5) is 31.4. The Labute approximate surface area is 158 Å². The summed E-state index contributed by atoms with van der Waals surface area (Å²) in [6.07, 6.45) is 2.66. The molecule has 1 aliphatic carbocycles. The van der Waals surface area contributed by atoms with Crippen LogP contribution in [0.15, 0.2) is 28.8 Å². The Kier molecular flexibility index (Phi) is 4.65. The topological polar surface area (TPSA) is 49.9 Å². The first-order valence-electron chi connectivity index (χ1n) is 9.41. The van der Waals surface area contributed by atoms with Gasteiger partial charge in [0.1, 0.15) is 6.10 Å². The smallest absolute Gasteiger partial charge is 0.290 e. The largest absolute Gasteiger partial charge is 0.483 e. The highest BCUT2D eigenvalue weighted by atomic mass is 32.1. The van der Waals surface area contributed by atoms with Crippen LogP contribution in [0, 0.1) is 11.8 Å². The molecule has 6 heteroatoms. The van der Waals surface area contributed by atoms with Crippen molar-refractivity contribution >= 4 is 23.0 Å². The quantitative estimate of drug-likeness (QED) is 0.813. The number of fused-ring (bicyclic) bond motifs is 1. The van der Waals surface area contributed by atoms with E-state index in [2.05, 4.69) is 11.8 Å². The van der Waals surface area contributed by atoms with Gasteiger partial charge in [-0.25, -0.2) is 0 Å². The van der Waals surface area contributed by atoms with Gasteiger partial charge in [0.25, 0.3) is 5.91 Å². The summed E-state index contributed by atoms with van der Waals surface area (Å²) < 4.78 is 6.17. The van der Waals surface area contributed by atoms with E-state index in [1.165, 1.54) is 0 Å². The van der Waals surface area contributed by atoms with Crippen molar-refractivity contribution in [1.29, 1.82) is 0 Å². The second kappa shape index (κ2) is 6.82. The number of amides is 1. The molecule has 0 radical (unpaired) electrons. The maximum atomic E-state index is 13.4. The van der Waals surface area contributed by atoms with Crippen molar-refractivity contribution in [2.75, 3.05) is 27.2 Å². The van der Waals surface area contributed by atoms with Crippen LogP contribution in [0.2, 0.25) is 0 Å². The molecule has 0 bridgehead atoms. The third-order valence-electron chi connectivity index (χ3n) is 5.81. The highest BCUT2D eigenvalue weighted by Crippen LogP contribution is 2.48. The Morgan fingerprint density at radius 3 is 2.81 bits per heavy atom. The van der Waals surface area contributed by atoms with Gasteiger partial charge < -0.3 is 14.5 Å². The Hall–Kier alpha value is -1.66. The van der Waals surface area contributed by atoms with Gasteiger partial charge in [-0.05, 0) is 50.7 Å². The van der Waals surface area contributed by atoms with E-state index in [-0.39, 0.29) is 29.8 Å². The number of carbonyl (C=O) groups is 2. The lowest BCUT2D eigenvalue weighted by atomic mass is 9.74. The zero-order chi connectivity index (χ0) is 18.4. The maximum Gasteiger partial charge on any atom is 0.290 e. The second-order valence-corrected chi connectivity index (χ2v) is 8.99. The minimum absolute atomic E-state index is 0.0958. The monoisotopic (exact) mass is 374 g/mol. The van der Waals surface area contributed by atoms with Gasteiger partial charge in [-0.2, -0.15) is 0 Å². The third-order valence-corrected chi connectivity index (χ3v) is 6.73. The normalized spacial score (nSPS) is 31.3. The van der Waals surface area contributed by atoms with Crippen molar-refractivity contribution in [3.63, 3.8) is 0 Å². The highest BCUT2D eigenvalue weighted by molar-refractivity contribution is 7.10. The molecule has 3 heterocycles. The first kappa shape index (κ1) is 17.7. The van der Waals surface area contributed by atoms with Crippen molar-refractivity contribution in [1.82, 2.24) is 9.80 Å². The lowest BCUT2D eigenvalue weighted by molar-refractivity contribution is -0.136. The molecule has 0 N–H and O–H groups in total. The van der Waals surface area contributed by atoms with Gasteiger partial charge in [-0.3, -0.25) is 9.59 Å². The van der Waals surface area contributed by atoms with E-state index in [1.54, 1.807) is 11.3 Å².